The maximum absolute atomic E-state index is 11.3. The largest absolute Gasteiger partial charge is 0.366 e. The number of aryl methyl sites for hydroxylation is 1. The molecular formula is C15H15NOS. The van der Waals surface area contributed by atoms with Crippen molar-refractivity contribution in [3.05, 3.63) is 65.2 Å². The zero-order valence-electron chi connectivity index (χ0n) is 10.2. The fourth-order valence-electron chi connectivity index (χ4n) is 1.76. The third kappa shape index (κ3) is 3.14. The highest BCUT2D eigenvalue weighted by atomic mass is 32.2. The molecule has 18 heavy (non-hydrogen) atoms. The summed E-state index contributed by atoms with van der Waals surface area (Å²) in [7, 11) is 0. The molecule has 0 aromatic heterocycles. The second-order valence-electron chi connectivity index (χ2n) is 4.14. The Labute approximate surface area is 111 Å². The van der Waals surface area contributed by atoms with Crippen LogP contribution >= 0.6 is 11.8 Å². The molecule has 1 amide bonds. The number of rotatable bonds is 4. The number of hydrogen-bond acceptors (Lipinski definition) is 2. The monoisotopic (exact) mass is 257 g/mol. The van der Waals surface area contributed by atoms with Crippen LogP contribution in [0.2, 0.25) is 0 Å². The van der Waals surface area contributed by atoms with Crippen molar-refractivity contribution in [1.82, 2.24) is 0 Å². The second-order valence-corrected chi connectivity index (χ2v) is 5.16. The highest BCUT2D eigenvalue weighted by Crippen LogP contribution is 2.26. The summed E-state index contributed by atoms with van der Waals surface area (Å²) in [5, 5.41) is 0. The van der Waals surface area contributed by atoms with E-state index in [1.165, 1.54) is 11.1 Å². The van der Waals surface area contributed by atoms with Crippen LogP contribution in [0, 0.1) is 6.92 Å². The van der Waals surface area contributed by atoms with E-state index in [-0.39, 0.29) is 5.91 Å². The summed E-state index contributed by atoms with van der Waals surface area (Å²) in [5.41, 5.74) is 8.44. The van der Waals surface area contributed by atoms with Gasteiger partial charge in [0.05, 0.1) is 5.56 Å². The van der Waals surface area contributed by atoms with Crippen LogP contribution in [-0.4, -0.2) is 5.91 Å². The molecular weight excluding hydrogens is 242 g/mol. The van der Waals surface area contributed by atoms with E-state index in [1.54, 1.807) is 17.8 Å². The molecule has 0 bridgehead atoms. The molecule has 2 nitrogen and oxygen atoms in total. The Morgan fingerprint density at radius 3 is 2.67 bits per heavy atom. The first-order valence-corrected chi connectivity index (χ1v) is 6.72. The predicted octanol–water partition coefficient (Wildman–Crippen LogP) is 3.39. The Balaban J connectivity index is 2.13. The average molecular weight is 257 g/mol. The Hall–Kier alpha value is -1.74. The summed E-state index contributed by atoms with van der Waals surface area (Å²) in [6.07, 6.45) is 0. The third-order valence-corrected chi connectivity index (χ3v) is 3.77. The summed E-state index contributed by atoms with van der Waals surface area (Å²) >= 11 is 1.64. The molecule has 92 valence electrons. The van der Waals surface area contributed by atoms with Gasteiger partial charge in [-0.3, -0.25) is 4.79 Å². The molecule has 2 rings (SSSR count). The van der Waals surface area contributed by atoms with Gasteiger partial charge in [0, 0.05) is 10.6 Å². The number of carbonyl (C=O) groups excluding carboxylic acids is 1. The highest BCUT2D eigenvalue weighted by Gasteiger charge is 2.07. The van der Waals surface area contributed by atoms with E-state index < -0.39 is 0 Å². The number of thioether (sulfide) groups is 1. The Kier molecular flexibility index (Phi) is 4.05. The van der Waals surface area contributed by atoms with Crippen LogP contribution in [0.1, 0.15) is 21.5 Å². The van der Waals surface area contributed by atoms with E-state index in [1.807, 2.05) is 24.3 Å². The molecule has 0 saturated heterocycles. The van der Waals surface area contributed by atoms with E-state index >= 15 is 0 Å². The Morgan fingerprint density at radius 1 is 1.17 bits per heavy atom. The average Bonchev–Trinajstić information content (AvgIpc) is 2.37. The van der Waals surface area contributed by atoms with Crippen LogP contribution in [0.15, 0.2) is 53.4 Å². The summed E-state index contributed by atoms with van der Waals surface area (Å²) in [4.78, 5) is 12.2. The van der Waals surface area contributed by atoms with E-state index in [0.29, 0.717) is 5.56 Å². The minimum absolute atomic E-state index is 0.373. The number of carbonyl (C=O) groups is 1. The van der Waals surface area contributed by atoms with Crippen molar-refractivity contribution in [3.63, 3.8) is 0 Å². The lowest BCUT2D eigenvalue weighted by atomic mass is 10.2. The lowest BCUT2D eigenvalue weighted by molar-refractivity contribution is 0.0997. The van der Waals surface area contributed by atoms with Gasteiger partial charge in [-0.05, 0) is 24.6 Å². The molecule has 0 radical (unpaired) electrons. The summed E-state index contributed by atoms with van der Waals surface area (Å²) in [6, 6.07) is 15.8. The molecule has 2 aromatic rings. The fourth-order valence-corrected chi connectivity index (χ4v) is 2.76. The minimum atomic E-state index is -0.373. The Morgan fingerprint density at radius 2 is 1.94 bits per heavy atom. The zero-order valence-corrected chi connectivity index (χ0v) is 11.0. The molecule has 3 heteroatoms. The van der Waals surface area contributed by atoms with Crippen molar-refractivity contribution in [3.8, 4) is 0 Å². The van der Waals surface area contributed by atoms with E-state index in [0.717, 1.165) is 10.6 Å². The topological polar surface area (TPSA) is 43.1 Å². The molecule has 0 spiro atoms. The van der Waals surface area contributed by atoms with Crippen molar-refractivity contribution < 1.29 is 4.79 Å². The van der Waals surface area contributed by atoms with Gasteiger partial charge in [-0.1, -0.05) is 42.0 Å². The number of nitrogens with two attached hydrogens (primary N) is 1. The first-order valence-electron chi connectivity index (χ1n) is 5.74. The van der Waals surface area contributed by atoms with Crippen LogP contribution in [-0.2, 0) is 5.75 Å². The quantitative estimate of drug-likeness (QED) is 0.853. The molecule has 2 N–H and O–H groups in total. The van der Waals surface area contributed by atoms with Crippen LogP contribution in [0.5, 0.6) is 0 Å². The normalized spacial score (nSPS) is 10.3. The van der Waals surface area contributed by atoms with Crippen LogP contribution in [0.3, 0.4) is 0 Å². The van der Waals surface area contributed by atoms with Crippen molar-refractivity contribution >= 4 is 17.7 Å². The van der Waals surface area contributed by atoms with Gasteiger partial charge in [-0.25, -0.2) is 0 Å². The standard InChI is InChI=1S/C15H15NOS/c1-11-5-4-6-12(9-11)10-18-14-8-3-2-7-13(14)15(16)17/h2-9H,10H2,1H3,(H2,16,17). The van der Waals surface area contributed by atoms with Gasteiger partial charge < -0.3 is 5.73 Å². The van der Waals surface area contributed by atoms with E-state index in [9.17, 15) is 4.79 Å². The maximum Gasteiger partial charge on any atom is 0.249 e. The number of hydrogen-bond donors (Lipinski definition) is 1. The fraction of sp³-hybridized carbons (Fsp3) is 0.133. The number of primary amides is 1. The lowest BCUT2D eigenvalue weighted by Gasteiger charge is -2.06. The van der Waals surface area contributed by atoms with E-state index in [4.69, 9.17) is 5.73 Å². The molecule has 2 aromatic carbocycles. The molecule has 0 aliphatic heterocycles. The van der Waals surface area contributed by atoms with Crippen molar-refractivity contribution in [2.24, 2.45) is 5.73 Å². The van der Waals surface area contributed by atoms with Gasteiger partial charge in [-0.15, -0.1) is 11.8 Å². The summed E-state index contributed by atoms with van der Waals surface area (Å²) in [6.45, 7) is 2.07. The van der Waals surface area contributed by atoms with Gasteiger partial charge >= 0.3 is 0 Å². The molecule has 0 fully saturated rings. The minimum Gasteiger partial charge on any atom is -0.366 e. The van der Waals surface area contributed by atoms with Crippen molar-refractivity contribution in [2.75, 3.05) is 0 Å². The molecule has 0 atom stereocenters. The highest BCUT2D eigenvalue weighted by molar-refractivity contribution is 7.98. The van der Waals surface area contributed by atoms with Gasteiger partial charge in [0.25, 0.3) is 0 Å². The second kappa shape index (κ2) is 5.74. The number of benzene rings is 2. The molecule has 0 aliphatic carbocycles. The van der Waals surface area contributed by atoms with Gasteiger partial charge in [0.15, 0.2) is 0 Å². The Bertz CT molecular complexity index is 566. The number of amides is 1. The first kappa shape index (κ1) is 12.7. The van der Waals surface area contributed by atoms with Crippen LogP contribution < -0.4 is 5.73 Å². The van der Waals surface area contributed by atoms with Crippen molar-refractivity contribution in [2.45, 2.75) is 17.6 Å². The maximum atomic E-state index is 11.3. The van der Waals surface area contributed by atoms with Gasteiger partial charge in [0.1, 0.15) is 0 Å². The van der Waals surface area contributed by atoms with Gasteiger partial charge in [0.2, 0.25) is 5.91 Å². The SMILES string of the molecule is Cc1cccc(CSc2ccccc2C(N)=O)c1. The van der Waals surface area contributed by atoms with Crippen molar-refractivity contribution in [1.29, 1.82) is 0 Å². The van der Waals surface area contributed by atoms with E-state index in [2.05, 4.69) is 25.1 Å². The summed E-state index contributed by atoms with van der Waals surface area (Å²) in [5.74, 6) is 0.466. The van der Waals surface area contributed by atoms with Gasteiger partial charge in [-0.2, -0.15) is 0 Å². The molecule has 0 aliphatic rings. The lowest BCUT2D eigenvalue weighted by Crippen LogP contribution is -2.11. The predicted molar refractivity (Wildman–Crippen MR) is 75.7 cm³/mol. The molecule has 0 saturated carbocycles. The third-order valence-electron chi connectivity index (χ3n) is 2.63. The van der Waals surface area contributed by atoms with Crippen LogP contribution in [0.4, 0.5) is 0 Å². The molecule has 0 heterocycles. The summed E-state index contributed by atoms with van der Waals surface area (Å²) < 4.78 is 0. The first-order chi connectivity index (χ1) is 8.66. The smallest absolute Gasteiger partial charge is 0.249 e. The molecule has 0 unspecified atom stereocenters. The zero-order chi connectivity index (χ0) is 13.0. The van der Waals surface area contributed by atoms with Crippen LogP contribution in [0.25, 0.3) is 0 Å².